The van der Waals surface area contributed by atoms with E-state index in [1.807, 2.05) is 78.4 Å². The molecule has 1 fully saturated rings. The number of methoxy groups -OCH3 is 1. The maximum atomic E-state index is 12.3. The molecule has 0 aromatic heterocycles. The van der Waals surface area contributed by atoms with Crippen molar-refractivity contribution in [2.45, 2.75) is 37.1 Å². The summed E-state index contributed by atoms with van der Waals surface area (Å²) in [5, 5.41) is 11.6. The van der Waals surface area contributed by atoms with Crippen LogP contribution in [0.5, 0.6) is 0 Å². The minimum atomic E-state index is -0.730. The molecule has 1 heterocycles. The Morgan fingerprint density at radius 3 is 2.45 bits per heavy atom. The summed E-state index contributed by atoms with van der Waals surface area (Å²) in [7, 11) is 1.39. The number of rotatable bonds is 7. The van der Waals surface area contributed by atoms with E-state index in [2.05, 4.69) is 0 Å². The van der Waals surface area contributed by atoms with E-state index in [0.717, 1.165) is 24.1 Å². The number of hydrogen-bond acceptors (Lipinski definition) is 4. The zero-order valence-electron chi connectivity index (χ0n) is 16.7. The first kappa shape index (κ1) is 20.6. The van der Waals surface area contributed by atoms with Crippen LogP contribution in [0.2, 0.25) is 0 Å². The maximum absolute atomic E-state index is 12.3. The molecule has 1 aliphatic heterocycles. The van der Waals surface area contributed by atoms with E-state index in [1.54, 1.807) is 0 Å². The number of carbonyl (C=O) groups is 1. The topological polar surface area (TPSA) is 72.5 Å². The molecule has 0 bridgehead atoms. The van der Waals surface area contributed by atoms with Gasteiger partial charge in [-0.25, -0.2) is 9.37 Å². The molecule has 0 radical (unpaired) electrons. The summed E-state index contributed by atoms with van der Waals surface area (Å²) < 4.78 is 6.97. The maximum Gasteiger partial charge on any atom is 0.375 e. The van der Waals surface area contributed by atoms with E-state index >= 15 is 0 Å². The fourth-order valence-corrected chi connectivity index (χ4v) is 4.18. The minimum Gasteiger partial charge on any atom is -0.464 e. The van der Waals surface area contributed by atoms with Crippen LogP contribution in [0.15, 0.2) is 60.7 Å². The highest BCUT2D eigenvalue weighted by molar-refractivity contribution is 5.77. The second-order valence-electron chi connectivity index (χ2n) is 7.52. The fourth-order valence-electron chi connectivity index (χ4n) is 4.18. The fraction of sp³-hybridized carbons (Fsp3) is 0.348. The highest BCUT2D eigenvalue weighted by Crippen LogP contribution is 2.40. The molecule has 0 N–H and O–H groups in total. The van der Waals surface area contributed by atoms with Gasteiger partial charge in [0.25, 0.3) is 0 Å². The average Bonchev–Trinajstić information content (AvgIpc) is 3.20. The number of ether oxygens (including phenoxy) is 1. The van der Waals surface area contributed by atoms with E-state index in [0.29, 0.717) is 13.0 Å². The van der Waals surface area contributed by atoms with E-state index in [1.165, 1.54) is 7.11 Å². The molecule has 2 aromatic rings. The predicted octanol–water partition coefficient (Wildman–Crippen LogP) is 3.59. The Balaban J connectivity index is 2.16. The van der Waals surface area contributed by atoms with Crippen molar-refractivity contribution in [1.82, 2.24) is 0 Å². The zero-order chi connectivity index (χ0) is 20.9. The summed E-state index contributed by atoms with van der Waals surface area (Å²) in [5.41, 5.74) is 1.06. The Labute approximate surface area is 171 Å². The molecule has 29 heavy (non-hydrogen) atoms. The van der Waals surface area contributed by atoms with Crippen LogP contribution in [0, 0.1) is 16.7 Å². The van der Waals surface area contributed by atoms with Gasteiger partial charge < -0.3 is 4.74 Å². The van der Waals surface area contributed by atoms with E-state index in [9.17, 15) is 14.9 Å². The lowest BCUT2D eigenvalue weighted by molar-refractivity contribution is -0.531. The number of esters is 1. The predicted molar refractivity (Wildman–Crippen MR) is 111 cm³/mol. The lowest BCUT2D eigenvalue weighted by Gasteiger charge is -2.37. The van der Waals surface area contributed by atoms with Crippen molar-refractivity contribution < 1.29 is 19.0 Å². The molecular weight excluding hydrogens is 368 g/mol. The molecule has 2 unspecified atom stereocenters. The third kappa shape index (κ3) is 4.47. The summed E-state index contributed by atoms with van der Waals surface area (Å²) in [6, 6.07) is 18.8. The molecular formula is C23H26N2O4. The Bertz CT molecular complexity index is 882. The molecule has 2 aromatic carbocycles. The standard InChI is InChI=1S/C23H26N2O4/c1-23(19-12-7-4-8-13-19,17-24-15-9-14-21(24)22(26)29-2)20(16-25(27)28)18-10-5-3-6-11-18/h3-8,10-13,16-17,20-21H,9,14-15H2,1-2H3/t20?,21-,23?/m0/s1. The van der Waals surface area contributed by atoms with Gasteiger partial charge in [-0.05, 0) is 24.9 Å². The molecule has 3 atom stereocenters. The van der Waals surface area contributed by atoms with Crippen LogP contribution in [0.3, 0.4) is 0 Å². The Kier molecular flexibility index (Phi) is 6.32. The number of nitro groups is 1. The van der Waals surface area contributed by atoms with Gasteiger partial charge in [0, 0.05) is 12.8 Å². The van der Waals surface area contributed by atoms with E-state index < -0.39 is 11.3 Å². The van der Waals surface area contributed by atoms with Crippen LogP contribution in [-0.4, -0.2) is 41.4 Å². The zero-order valence-corrected chi connectivity index (χ0v) is 16.7. The largest absolute Gasteiger partial charge is 0.464 e. The van der Waals surface area contributed by atoms with Crippen molar-refractivity contribution in [2.75, 3.05) is 13.7 Å². The van der Waals surface area contributed by atoms with Gasteiger partial charge in [-0.3, -0.25) is 10.1 Å². The third-order valence-electron chi connectivity index (χ3n) is 5.67. The van der Waals surface area contributed by atoms with Crippen LogP contribution in [0.4, 0.5) is 0 Å². The smallest absolute Gasteiger partial charge is 0.375 e. The van der Waals surface area contributed by atoms with E-state index in [4.69, 9.17) is 4.74 Å². The third-order valence-corrected chi connectivity index (χ3v) is 5.67. The summed E-state index contributed by atoms with van der Waals surface area (Å²) in [5.74, 6) is -0.788. The van der Waals surface area contributed by atoms with Crippen molar-refractivity contribution in [1.29, 1.82) is 0 Å². The van der Waals surface area contributed by atoms with Crippen molar-refractivity contribution >= 4 is 12.2 Å². The molecule has 0 saturated carbocycles. The second-order valence-corrected chi connectivity index (χ2v) is 7.52. The van der Waals surface area contributed by atoms with Gasteiger partial charge in [-0.2, -0.15) is 0 Å². The number of nitrogens with zero attached hydrogens (tertiary/aromatic N) is 2. The van der Waals surface area contributed by atoms with Gasteiger partial charge in [0.05, 0.1) is 12.5 Å². The van der Waals surface area contributed by atoms with Gasteiger partial charge in [-0.1, -0.05) is 66.2 Å². The van der Waals surface area contributed by atoms with Crippen molar-refractivity contribution in [3.8, 4) is 0 Å². The second kappa shape index (κ2) is 8.90. The highest BCUT2D eigenvalue weighted by atomic mass is 16.6. The minimum absolute atomic E-state index is 0.274. The van der Waals surface area contributed by atoms with Crippen molar-refractivity contribution in [2.24, 2.45) is 0 Å². The van der Waals surface area contributed by atoms with Gasteiger partial charge >= 0.3 is 5.97 Å². The normalized spacial score (nSPS) is 20.6. The molecule has 0 amide bonds. The van der Waals surface area contributed by atoms with Crippen LogP contribution in [0.25, 0.3) is 0 Å². The summed E-state index contributed by atoms with van der Waals surface area (Å²) in [4.78, 5) is 23.4. The SMILES string of the molecule is COC(=O)[C@@H]1CCC[N+]1=CC(C)(c1ccccc1)C([CH-][N+](=O)[O-])c1ccccc1. The first-order chi connectivity index (χ1) is 14.0. The molecule has 3 rings (SSSR count). The van der Waals surface area contributed by atoms with Gasteiger partial charge in [0.2, 0.25) is 6.04 Å². The lowest BCUT2D eigenvalue weighted by Crippen LogP contribution is -2.40. The molecule has 0 spiro atoms. The molecule has 0 aliphatic carbocycles. The Morgan fingerprint density at radius 1 is 1.24 bits per heavy atom. The molecule has 152 valence electrons. The first-order valence-corrected chi connectivity index (χ1v) is 9.74. The van der Waals surface area contributed by atoms with Gasteiger partial charge in [0.15, 0.2) is 0 Å². The first-order valence-electron chi connectivity index (χ1n) is 9.74. The summed E-state index contributed by atoms with van der Waals surface area (Å²) in [6.07, 6.45) is 3.58. The average molecular weight is 394 g/mol. The molecule has 1 aliphatic rings. The van der Waals surface area contributed by atoms with Crippen LogP contribution in [0.1, 0.15) is 36.8 Å². The highest BCUT2D eigenvalue weighted by Gasteiger charge is 2.42. The summed E-state index contributed by atoms with van der Waals surface area (Å²) in [6.45, 7) is 3.86. The molecule has 1 saturated heterocycles. The van der Waals surface area contributed by atoms with Crippen LogP contribution >= 0.6 is 0 Å². The Morgan fingerprint density at radius 2 is 1.86 bits per heavy atom. The quantitative estimate of drug-likeness (QED) is 0.237. The van der Waals surface area contributed by atoms with Crippen molar-refractivity contribution in [3.63, 3.8) is 0 Å². The van der Waals surface area contributed by atoms with E-state index in [-0.39, 0.29) is 16.9 Å². The Hall–Kier alpha value is -3.15. The van der Waals surface area contributed by atoms with Crippen LogP contribution < -0.4 is 0 Å². The number of benzene rings is 2. The number of hydrogen-bond donors (Lipinski definition) is 0. The van der Waals surface area contributed by atoms with Gasteiger partial charge in [-0.15, -0.1) is 4.92 Å². The van der Waals surface area contributed by atoms with Crippen LogP contribution in [-0.2, 0) is 14.9 Å². The number of carbonyl (C=O) groups excluding carboxylic acids is 1. The van der Waals surface area contributed by atoms with Gasteiger partial charge in [0.1, 0.15) is 12.8 Å². The molecule has 6 heteroatoms. The molecule has 6 nitrogen and oxygen atoms in total. The lowest BCUT2D eigenvalue weighted by atomic mass is 9.69. The summed E-state index contributed by atoms with van der Waals surface area (Å²) >= 11 is 0. The van der Waals surface area contributed by atoms with Crippen molar-refractivity contribution in [3.05, 3.63) is 88.4 Å². The monoisotopic (exact) mass is 394 g/mol.